The normalized spacial score (nSPS) is 14.1. The van der Waals surface area contributed by atoms with Gasteiger partial charge in [0.25, 0.3) is 0 Å². The molecule has 0 aliphatic heterocycles. The Morgan fingerprint density at radius 3 is 1.60 bits per heavy atom. The van der Waals surface area contributed by atoms with Gasteiger partial charge in [0.1, 0.15) is 11.2 Å². The third-order valence-corrected chi connectivity index (χ3v) is 5.63. The minimum Gasteiger partial charge on any atom is -0.428 e. The first-order valence-electron chi connectivity index (χ1n) is 7.64. The fourth-order valence-corrected chi connectivity index (χ4v) is 1.91. The summed E-state index contributed by atoms with van der Waals surface area (Å²) in [6.45, 7) is 20.6. The lowest BCUT2D eigenvalue weighted by Crippen LogP contribution is -2.52. The predicted molar refractivity (Wildman–Crippen MR) is 83.9 cm³/mol. The molecule has 0 aliphatic rings. The fourth-order valence-electron chi connectivity index (χ4n) is 1.91. The first-order chi connectivity index (χ1) is 8.72. The van der Waals surface area contributed by atoms with Gasteiger partial charge in [0.2, 0.25) is 0 Å². The van der Waals surface area contributed by atoms with E-state index < -0.39 is 17.4 Å². The van der Waals surface area contributed by atoms with Crippen molar-refractivity contribution in [3.63, 3.8) is 0 Å². The summed E-state index contributed by atoms with van der Waals surface area (Å²) >= 11 is 0. The maximum Gasteiger partial charge on any atom is 0.509 e. The number of carbonyl (C=O) groups excluding carboxylic acids is 1. The summed E-state index contributed by atoms with van der Waals surface area (Å²) in [4.78, 5) is 12.1. The molecule has 0 aromatic carbocycles. The van der Waals surface area contributed by atoms with E-state index in [4.69, 9.17) is 9.47 Å². The molecule has 0 aromatic rings. The SMILES string of the molecule is CCC(C)(C)OC(=O)OC(C)(C)C(C)(C)C(C)(C)CC. The first kappa shape index (κ1) is 19.3. The Morgan fingerprint density at radius 1 is 0.800 bits per heavy atom. The van der Waals surface area contributed by atoms with Crippen molar-refractivity contribution in [1.82, 2.24) is 0 Å². The number of hydrogen-bond donors (Lipinski definition) is 0. The van der Waals surface area contributed by atoms with Gasteiger partial charge < -0.3 is 9.47 Å². The van der Waals surface area contributed by atoms with Crippen LogP contribution in [0.15, 0.2) is 0 Å². The van der Waals surface area contributed by atoms with Crippen molar-refractivity contribution < 1.29 is 14.3 Å². The van der Waals surface area contributed by atoms with Crippen molar-refractivity contribution in [3.05, 3.63) is 0 Å². The number of rotatable bonds is 6. The van der Waals surface area contributed by atoms with Crippen LogP contribution in [-0.4, -0.2) is 17.4 Å². The Labute approximate surface area is 125 Å². The number of hydrogen-bond acceptors (Lipinski definition) is 3. The monoisotopic (exact) mass is 286 g/mol. The van der Waals surface area contributed by atoms with Crippen LogP contribution in [0.25, 0.3) is 0 Å². The van der Waals surface area contributed by atoms with Crippen molar-refractivity contribution in [2.45, 2.75) is 93.3 Å². The van der Waals surface area contributed by atoms with E-state index in [1.807, 2.05) is 34.6 Å². The molecule has 0 rings (SSSR count). The molecule has 0 amide bonds. The second kappa shape index (κ2) is 5.95. The molecule has 0 atom stereocenters. The van der Waals surface area contributed by atoms with Crippen molar-refractivity contribution in [1.29, 1.82) is 0 Å². The largest absolute Gasteiger partial charge is 0.509 e. The molecule has 0 spiro atoms. The molecule has 0 N–H and O–H groups in total. The van der Waals surface area contributed by atoms with Crippen molar-refractivity contribution in [2.75, 3.05) is 0 Å². The van der Waals surface area contributed by atoms with Crippen LogP contribution in [0.3, 0.4) is 0 Å². The van der Waals surface area contributed by atoms with E-state index in [2.05, 4.69) is 34.6 Å². The van der Waals surface area contributed by atoms with E-state index in [0.717, 1.165) is 12.8 Å². The van der Waals surface area contributed by atoms with E-state index in [1.54, 1.807) is 0 Å². The molecule has 0 aromatic heterocycles. The minimum absolute atomic E-state index is 0.0526. The Morgan fingerprint density at radius 2 is 1.25 bits per heavy atom. The average molecular weight is 286 g/mol. The van der Waals surface area contributed by atoms with Crippen LogP contribution >= 0.6 is 0 Å². The molecule has 0 saturated carbocycles. The smallest absolute Gasteiger partial charge is 0.428 e. The highest BCUT2D eigenvalue weighted by atomic mass is 16.7. The second-order valence-electron chi connectivity index (χ2n) is 7.94. The Bertz CT molecular complexity index is 338. The number of carbonyl (C=O) groups is 1. The Balaban J connectivity index is 5.04. The van der Waals surface area contributed by atoms with Gasteiger partial charge in [-0.3, -0.25) is 0 Å². The lowest BCUT2D eigenvalue weighted by Gasteiger charge is -2.50. The van der Waals surface area contributed by atoms with E-state index in [-0.39, 0.29) is 10.8 Å². The maximum absolute atomic E-state index is 12.1. The van der Waals surface area contributed by atoms with Crippen LogP contribution in [0.2, 0.25) is 0 Å². The Hall–Kier alpha value is -0.730. The molecular formula is C17H34O3. The van der Waals surface area contributed by atoms with Gasteiger partial charge in [0.15, 0.2) is 0 Å². The molecule has 0 saturated heterocycles. The van der Waals surface area contributed by atoms with Crippen molar-refractivity contribution in [2.24, 2.45) is 10.8 Å². The van der Waals surface area contributed by atoms with Gasteiger partial charge in [-0.05, 0) is 39.5 Å². The van der Waals surface area contributed by atoms with Gasteiger partial charge >= 0.3 is 6.16 Å². The molecule has 20 heavy (non-hydrogen) atoms. The molecule has 0 unspecified atom stereocenters. The second-order valence-corrected chi connectivity index (χ2v) is 7.94. The van der Waals surface area contributed by atoms with Gasteiger partial charge in [-0.15, -0.1) is 0 Å². The molecule has 0 aliphatic carbocycles. The van der Waals surface area contributed by atoms with Crippen molar-refractivity contribution in [3.8, 4) is 0 Å². The van der Waals surface area contributed by atoms with Crippen LogP contribution in [0, 0.1) is 10.8 Å². The van der Waals surface area contributed by atoms with Crippen LogP contribution in [0.1, 0.15) is 82.1 Å². The molecule has 0 heterocycles. The first-order valence-corrected chi connectivity index (χ1v) is 7.64. The molecule has 0 bridgehead atoms. The van der Waals surface area contributed by atoms with Gasteiger partial charge in [0.05, 0.1) is 0 Å². The zero-order chi connectivity index (χ0) is 16.4. The third kappa shape index (κ3) is 4.13. The zero-order valence-electron chi connectivity index (χ0n) is 15.1. The van der Waals surface area contributed by atoms with Crippen molar-refractivity contribution >= 4 is 6.16 Å². The predicted octanol–water partition coefficient (Wildman–Crippen LogP) is 5.57. The summed E-state index contributed by atoms with van der Waals surface area (Å²) in [5.74, 6) is 0. The van der Waals surface area contributed by atoms with E-state index >= 15 is 0 Å². The fraction of sp³-hybridized carbons (Fsp3) is 0.941. The molecular weight excluding hydrogens is 252 g/mol. The molecule has 3 heteroatoms. The highest BCUT2D eigenvalue weighted by Crippen LogP contribution is 2.50. The minimum atomic E-state index is -0.604. The highest BCUT2D eigenvalue weighted by Gasteiger charge is 2.50. The zero-order valence-corrected chi connectivity index (χ0v) is 15.1. The van der Waals surface area contributed by atoms with Gasteiger partial charge in [-0.1, -0.05) is 48.0 Å². The summed E-state index contributed by atoms with van der Waals surface area (Å²) in [7, 11) is 0. The van der Waals surface area contributed by atoms with Crippen LogP contribution in [0.5, 0.6) is 0 Å². The molecule has 3 nitrogen and oxygen atoms in total. The lowest BCUT2D eigenvalue weighted by atomic mass is 9.59. The third-order valence-electron chi connectivity index (χ3n) is 5.63. The van der Waals surface area contributed by atoms with E-state index in [9.17, 15) is 4.79 Å². The Kier molecular flexibility index (Phi) is 5.73. The summed E-state index contributed by atoms with van der Waals surface area (Å²) in [5, 5.41) is 0. The van der Waals surface area contributed by atoms with Crippen LogP contribution in [-0.2, 0) is 9.47 Å². The maximum atomic E-state index is 12.1. The van der Waals surface area contributed by atoms with Gasteiger partial charge in [-0.2, -0.15) is 0 Å². The lowest BCUT2D eigenvalue weighted by molar-refractivity contribution is -0.137. The standard InChI is InChI=1S/C17H34O3/c1-11-14(3,4)16(7,8)17(9,10)20-13(18)19-15(5,6)12-2/h11-12H2,1-10H3. The molecule has 0 radical (unpaired) electrons. The van der Waals surface area contributed by atoms with Gasteiger partial charge in [0, 0.05) is 5.41 Å². The molecule has 0 fully saturated rings. The van der Waals surface area contributed by atoms with Gasteiger partial charge in [-0.25, -0.2) is 4.79 Å². The van der Waals surface area contributed by atoms with E-state index in [0.29, 0.717) is 0 Å². The molecule has 120 valence electrons. The van der Waals surface area contributed by atoms with Crippen LogP contribution < -0.4 is 0 Å². The number of ether oxygens (including phenoxy) is 2. The quantitative estimate of drug-likeness (QED) is 0.599. The summed E-state index contributed by atoms with van der Waals surface area (Å²) < 4.78 is 11.1. The van der Waals surface area contributed by atoms with E-state index in [1.165, 1.54) is 0 Å². The summed E-state index contributed by atoms with van der Waals surface area (Å²) in [6, 6.07) is 0. The average Bonchev–Trinajstić information content (AvgIpc) is 2.26. The van der Waals surface area contributed by atoms with Crippen LogP contribution in [0.4, 0.5) is 4.79 Å². The topological polar surface area (TPSA) is 35.5 Å². The summed E-state index contributed by atoms with van der Waals surface area (Å²) in [6.07, 6.45) is 1.19. The summed E-state index contributed by atoms with van der Waals surface area (Å²) in [5.41, 5.74) is -1.22. The highest BCUT2D eigenvalue weighted by molar-refractivity contribution is 5.61.